The molecule has 0 radical (unpaired) electrons. The number of hydrogen-bond acceptors (Lipinski definition) is 4. The summed E-state index contributed by atoms with van der Waals surface area (Å²) in [5.74, 6) is -0.00307. The molecule has 1 aromatic carbocycles. The number of piperazine rings is 1. The predicted octanol–water partition coefficient (Wildman–Crippen LogP) is 2.54. The van der Waals surface area contributed by atoms with Gasteiger partial charge in [-0.25, -0.2) is 0 Å². The summed E-state index contributed by atoms with van der Waals surface area (Å²) in [7, 11) is 0. The zero-order valence-corrected chi connectivity index (χ0v) is 16.6. The minimum atomic E-state index is -0.183. The van der Waals surface area contributed by atoms with Gasteiger partial charge in [-0.2, -0.15) is 0 Å². The Kier molecular flexibility index (Phi) is 7.03. The molecule has 128 valence electrons. The lowest BCUT2D eigenvalue weighted by atomic mass is 10.2. The molecule has 1 heterocycles. The number of halogens is 2. The van der Waals surface area contributed by atoms with Crippen molar-refractivity contribution < 1.29 is 9.90 Å². The summed E-state index contributed by atoms with van der Waals surface area (Å²) in [6, 6.07) is 5.69. The fourth-order valence-electron chi connectivity index (χ4n) is 2.67. The van der Waals surface area contributed by atoms with Crippen LogP contribution in [0.3, 0.4) is 0 Å². The first-order valence-electron chi connectivity index (χ1n) is 7.77. The van der Waals surface area contributed by atoms with E-state index in [9.17, 15) is 9.90 Å². The Morgan fingerprint density at radius 1 is 1.22 bits per heavy atom. The minimum Gasteiger partial charge on any atom is -0.395 e. The van der Waals surface area contributed by atoms with Crippen molar-refractivity contribution in [1.82, 2.24) is 9.80 Å². The Hall–Kier alpha value is -0.470. The first kappa shape index (κ1) is 18.9. The summed E-state index contributed by atoms with van der Waals surface area (Å²) in [5.41, 5.74) is 0.776. The molecule has 0 unspecified atom stereocenters. The van der Waals surface area contributed by atoms with Crippen molar-refractivity contribution in [1.29, 1.82) is 0 Å². The molecule has 1 aromatic rings. The number of benzene rings is 1. The quantitative estimate of drug-likeness (QED) is 0.726. The first-order valence-corrected chi connectivity index (χ1v) is 9.36. The van der Waals surface area contributed by atoms with Gasteiger partial charge in [0.2, 0.25) is 5.91 Å². The standard InChI is InChI=1S/C16H23Br2N3O2/c1-11(10-22)20-5-7-21(8-6-20)12(2)16(23)19-15-4-3-13(17)9-14(15)18/h3-4,9,11-12,22H,5-8,10H2,1-2H3,(H,19,23)/t11-,12+/m0/s1. The third kappa shape index (κ3) is 5.00. The Balaban J connectivity index is 1.90. The van der Waals surface area contributed by atoms with Crippen molar-refractivity contribution in [3.8, 4) is 0 Å². The van der Waals surface area contributed by atoms with Gasteiger partial charge < -0.3 is 10.4 Å². The zero-order chi connectivity index (χ0) is 17.0. The van der Waals surface area contributed by atoms with Gasteiger partial charge in [-0.1, -0.05) is 15.9 Å². The average molecular weight is 449 g/mol. The third-order valence-electron chi connectivity index (χ3n) is 4.35. The number of aliphatic hydroxyl groups is 1. The fraction of sp³-hybridized carbons (Fsp3) is 0.562. The maximum atomic E-state index is 12.5. The van der Waals surface area contributed by atoms with Crippen LogP contribution in [0.4, 0.5) is 5.69 Å². The molecule has 1 saturated heterocycles. The molecule has 7 heteroatoms. The Bertz CT molecular complexity index is 548. The van der Waals surface area contributed by atoms with Gasteiger partial charge in [-0.15, -0.1) is 0 Å². The molecular weight excluding hydrogens is 426 g/mol. The van der Waals surface area contributed by atoms with Gasteiger partial charge in [-0.05, 0) is 48.0 Å². The SMILES string of the molecule is C[C@H](C(=O)Nc1ccc(Br)cc1Br)N1CCN([C@@H](C)CO)CC1. The first-order chi connectivity index (χ1) is 10.9. The van der Waals surface area contributed by atoms with Crippen LogP contribution in [0.1, 0.15) is 13.8 Å². The zero-order valence-electron chi connectivity index (χ0n) is 13.4. The molecule has 0 bridgehead atoms. The topological polar surface area (TPSA) is 55.8 Å². The van der Waals surface area contributed by atoms with E-state index in [0.717, 1.165) is 40.8 Å². The molecular formula is C16H23Br2N3O2. The number of hydrogen-bond donors (Lipinski definition) is 2. The third-order valence-corrected chi connectivity index (χ3v) is 5.50. The van der Waals surface area contributed by atoms with E-state index in [2.05, 4.69) is 47.0 Å². The highest BCUT2D eigenvalue weighted by Gasteiger charge is 2.27. The normalized spacial score (nSPS) is 19.3. The van der Waals surface area contributed by atoms with Crippen LogP contribution in [-0.2, 0) is 4.79 Å². The maximum absolute atomic E-state index is 12.5. The molecule has 5 nitrogen and oxygen atoms in total. The van der Waals surface area contributed by atoms with Crippen LogP contribution in [0, 0.1) is 0 Å². The fourth-order valence-corrected chi connectivity index (χ4v) is 3.82. The molecule has 1 amide bonds. The number of nitrogens with one attached hydrogen (secondary N) is 1. The second-order valence-corrected chi connectivity index (χ2v) is 7.66. The van der Waals surface area contributed by atoms with Gasteiger partial charge in [0.25, 0.3) is 0 Å². The number of carbonyl (C=O) groups excluding carboxylic acids is 1. The molecule has 0 aliphatic carbocycles. The van der Waals surface area contributed by atoms with Crippen LogP contribution in [0.25, 0.3) is 0 Å². The molecule has 23 heavy (non-hydrogen) atoms. The summed E-state index contributed by atoms with van der Waals surface area (Å²) >= 11 is 6.87. The van der Waals surface area contributed by atoms with E-state index >= 15 is 0 Å². The lowest BCUT2D eigenvalue weighted by Gasteiger charge is -2.39. The van der Waals surface area contributed by atoms with E-state index in [1.807, 2.05) is 32.0 Å². The number of rotatable bonds is 5. The molecule has 0 saturated carbocycles. The van der Waals surface area contributed by atoms with Crippen molar-refractivity contribution in [3.05, 3.63) is 27.1 Å². The second kappa shape index (κ2) is 8.58. The molecule has 1 aliphatic heterocycles. The van der Waals surface area contributed by atoms with E-state index in [1.54, 1.807) is 0 Å². The van der Waals surface area contributed by atoms with Gasteiger partial charge >= 0.3 is 0 Å². The Morgan fingerprint density at radius 2 is 1.83 bits per heavy atom. The van der Waals surface area contributed by atoms with Crippen molar-refractivity contribution in [3.63, 3.8) is 0 Å². The van der Waals surface area contributed by atoms with E-state index in [-0.39, 0.29) is 24.6 Å². The molecule has 2 rings (SSSR count). The summed E-state index contributed by atoms with van der Waals surface area (Å²) in [6.07, 6.45) is 0. The number of carbonyl (C=O) groups is 1. The number of aliphatic hydroxyl groups excluding tert-OH is 1. The van der Waals surface area contributed by atoms with Crippen molar-refractivity contribution in [2.75, 3.05) is 38.1 Å². The van der Waals surface area contributed by atoms with Crippen LogP contribution in [0.5, 0.6) is 0 Å². The Labute approximate surface area is 154 Å². The van der Waals surface area contributed by atoms with Gasteiger partial charge in [0.1, 0.15) is 0 Å². The van der Waals surface area contributed by atoms with Crippen LogP contribution in [0.2, 0.25) is 0 Å². The van der Waals surface area contributed by atoms with Crippen LogP contribution in [0.15, 0.2) is 27.1 Å². The maximum Gasteiger partial charge on any atom is 0.241 e. The summed E-state index contributed by atoms with van der Waals surface area (Å²) < 4.78 is 1.82. The predicted molar refractivity (Wildman–Crippen MR) is 99.6 cm³/mol. The second-order valence-electron chi connectivity index (χ2n) is 5.89. The number of nitrogens with zero attached hydrogens (tertiary/aromatic N) is 2. The van der Waals surface area contributed by atoms with Gasteiger partial charge in [0.15, 0.2) is 0 Å². The largest absolute Gasteiger partial charge is 0.395 e. The van der Waals surface area contributed by atoms with E-state index in [1.165, 1.54) is 0 Å². The highest BCUT2D eigenvalue weighted by atomic mass is 79.9. The highest BCUT2D eigenvalue weighted by molar-refractivity contribution is 9.11. The molecule has 1 fully saturated rings. The monoisotopic (exact) mass is 447 g/mol. The van der Waals surface area contributed by atoms with Crippen LogP contribution >= 0.6 is 31.9 Å². The molecule has 2 N–H and O–H groups in total. The number of amides is 1. The highest BCUT2D eigenvalue weighted by Crippen LogP contribution is 2.26. The van der Waals surface area contributed by atoms with Gasteiger partial charge in [0, 0.05) is 41.2 Å². The molecule has 0 spiro atoms. The smallest absolute Gasteiger partial charge is 0.241 e. The van der Waals surface area contributed by atoms with Crippen molar-refractivity contribution >= 4 is 43.5 Å². The van der Waals surface area contributed by atoms with E-state index < -0.39 is 0 Å². The van der Waals surface area contributed by atoms with E-state index in [0.29, 0.717) is 0 Å². The minimum absolute atomic E-state index is 0.00307. The lowest BCUT2D eigenvalue weighted by molar-refractivity contribution is -0.121. The van der Waals surface area contributed by atoms with Crippen LogP contribution < -0.4 is 5.32 Å². The van der Waals surface area contributed by atoms with Crippen molar-refractivity contribution in [2.45, 2.75) is 25.9 Å². The van der Waals surface area contributed by atoms with Crippen LogP contribution in [-0.4, -0.2) is 65.7 Å². The average Bonchev–Trinajstić information content (AvgIpc) is 2.56. The molecule has 2 atom stereocenters. The number of anilines is 1. The summed E-state index contributed by atoms with van der Waals surface area (Å²) in [4.78, 5) is 16.9. The Morgan fingerprint density at radius 3 is 2.39 bits per heavy atom. The van der Waals surface area contributed by atoms with Crippen molar-refractivity contribution in [2.24, 2.45) is 0 Å². The summed E-state index contributed by atoms with van der Waals surface area (Å²) in [6.45, 7) is 7.56. The molecule has 1 aliphatic rings. The van der Waals surface area contributed by atoms with Gasteiger partial charge in [-0.3, -0.25) is 14.6 Å². The van der Waals surface area contributed by atoms with Gasteiger partial charge in [0.05, 0.1) is 18.3 Å². The molecule has 0 aromatic heterocycles. The summed E-state index contributed by atoms with van der Waals surface area (Å²) in [5, 5.41) is 12.2. The van der Waals surface area contributed by atoms with E-state index in [4.69, 9.17) is 0 Å². The lowest BCUT2D eigenvalue weighted by Crippen LogP contribution is -2.55.